The topological polar surface area (TPSA) is 85.2 Å². The first kappa shape index (κ1) is 21.7. The molecule has 34 heavy (non-hydrogen) atoms. The van der Waals surface area contributed by atoms with Gasteiger partial charge in [0.25, 0.3) is 5.95 Å². The number of nitrogens with one attached hydrogen (secondary N) is 1. The van der Waals surface area contributed by atoms with Gasteiger partial charge in [0.1, 0.15) is 18.3 Å². The number of halogens is 1. The fraction of sp³-hybridized carbons (Fsp3) is 0.120. The Bertz CT molecular complexity index is 1320. The van der Waals surface area contributed by atoms with Crippen LogP contribution in [0.2, 0.25) is 5.02 Å². The van der Waals surface area contributed by atoms with Gasteiger partial charge in [-0.05, 0) is 64.0 Å². The highest BCUT2D eigenvalue weighted by Crippen LogP contribution is 2.36. The lowest BCUT2D eigenvalue weighted by molar-refractivity contribution is -0.114. The summed E-state index contributed by atoms with van der Waals surface area (Å²) in [6.07, 6.45) is 2.06. The number of nitrogens with zero attached hydrogens (tertiary/aromatic N) is 5. The molecule has 1 aliphatic heterocycles. The predicted molar refractivity (Wildman–Crippen MR) is 131 cm³/mol. The molecular formula is C25H21ClN6O2. The van der Waals surface area contributed by atoms with Gasteiger partial charge >= 0.3 is 0 Å². The molecule has 1 aliphatic rings. The number of hydrogen-bond acceptors (Lipinski definition) is 6. The van der Waals surface area contributed by atoms with E-state index in [9.17, 15) is 4.79 Å². The van der Waals surface area contributed by atoms with Crippen molar-refractivity contribution in [3.63, 3.8) is 0 Å². The fourth-order valence-corrected chi connectivity index (χ4v) is 4.03. The molecule has 1 amide bonds. The van der Waals surface area contributed by atoms with E-state index in [0.29, 0.717) is 22.4 Å². The Kier molecular flexibility index (Phi) is 5.97. The van der Waals surface area contributed by atoms with Crippen LogP contribution in [-0.2, 0) is 4.79 Å². The number of carbonyl (C=O) groups excluding carboxylic acids is 1. The molecule has 0 fully saturated rings. The van der Waals surface area contributed by atoms with E-state index in [1.54, 1.807) is 36.1 Å². The van der Waals surface area contributed by atoms with Gasteiger partial charge in [0.2, 0.25) is 5.91 Å². The van der Waals surface area contributed by atoms with E-state index >= 15 is 0 Å². The number of hydrogen-bond donors (Lipinski definition) is 1. The quantitative estimate of drug-likeness (QED) is 0.447. The van der Waals surface area contributed by atoms with Crippen LogP contribution in [0.1, 0.15) is 17.2 Å². The minimum atomic E-state index is -0.224. The van der Waals surface area contributed by atoms with Crippen LogP contribution in [0.3, 0.4) is 0 Å². The van der Waals surface area contributed by atoms with Crippen LogP contribution < -0.4 is 15.0 Å². The SMILES string of the molecule is COc1ccc(NC(=O)CN2C(c3ccc(Cl)cc3)=C[C@@H](c3ccccc3)n3nnnc32)cc1. The van der Waals surface area contributed by atoms with Crippen molar-refractivity contribution in [2.45, 2.75) is 6.04 Å². The first-order valence-corrected chi connectivity index (χ1v) is 11.0. The number of aromatic nitrogens is 4. The van der Waals surface area contributed by atoms with Crippen molar-refractivity contribution < 1.29 is 9.53 Å². The molecule has 0 unspecified atom stereocenters. The Hall–Kier alpha value is -4.17. The number of amides is 1. The molecule has 1 N–H and O–H groups in total. The van der Waals surface area contributed by atoms with Gasteiger partial charge in [0.15, 0.2) is 0 Å². The van der Waals surface area contributed by atoms with Gasteiger partial charge < -0.3 is 10.1 Å². The number of tetrazole rings is 1. The molecule has 2 heterocycles. The number of allylic oxidation sites excluding steroid dienone is 1. The van der Waals surface area contributed by atoms with E-state index in [1.807, 2.05) is 59.5 Å². The second kappa shape index (κ2) is 9.36. The van der Waals surface area contributed by atoms with Crippen molar-refractivity contribution in [2.75, 3.05) is 23.9 Å². The predicted octanol–water partition coefficient (Wildman–Crippen LogP) is 4.42. The van der Waals surface area contributed by atoms with Crippen molar-refractivity contribution >= 4 is 34.8 Å². The molecule has 0 bridgehead atoms. The van der Waals surface area contributed by atoms with E-state index in [4.69, 9.17) is 16.3 Å². The summed E-state index contributed by atoms with van der Waals surface area (Å²) in [6, 6.07) is 24.4. The summed E-state index contributed by atoms with van der Waals surface area (Å²) in [7, 11) is 1.60. The monoisotopic (exact) mass is 472 g/mol. The molecule has 8 nitrogen and oxygen atoms in total. The number of methoxy groups -OCH3 is 1. The zero-order valence-corrected chi connectivity index (χ0v) is 19.1. The Morgan fingerprint density at radius 1 is 1.03 bits per heavy atom. The molecule has 9 heteroatoms. The third-order valence-corrected chi connectivity index (χ3v) is 5.80. The number of carbonyl (C=O) groups is 1. The zero-order chi connectivity index (χ0) is 23.5. The summed E-state index contributed by atoms with van der Waals surface area (Å²) in [5.41, 5.74) is 3.42. The minimum absolute atomic E-state index is 0.0162. The van der Waals surface area contributed by atoms with Gasteiger partial charge in [0.05, 0.1) is 12.8 Å². The molecule has 1 aromatic heterocycles. The summed E-state index contributed by atoms with van der Waals surface area (Å²) < 4.78 is 6.90. The lowest BCUT2D eigenvalue weighted by atomic mass is 10.0. The van der Waals surface area contributed by atoms with E-state index in [0.717, 1.165) is 16.8 Å². The molecule has 1 atom stereocenters. The van der Waals surface area contributed by atoms with Crippen molar-refractivity contribution in [1.82, 2.24) is 20.2 Å². The minimum Gasteiger partial charge on any atom is -0.497 e. The lowest BCUT2D eigenvalue weighted by Gasteiger charge is -2.32. The molecule has 0 saturated carbocycles. The fourth-order valence-electron chi connectivity index (χ4n) is 3.90. The molecule has 0 aliphatic carbocycles. The Morgan fingerprint density at radius 3 is 2.47 bits per heavy atom. The Morgan fingerprint density at radius 2 is 1.76 bits per heavy atom. The van der Waals surface area contributed by atoms with Gasteiger partial charge in [-0.1, -0.05) is 59.2 Å². The highest BCUT2D eigenvalue weighted by molar-refractivity contribution is 6.30. The molecule has 4 aromatic rings. The van der Waals surface area contributed by atoms with Crippen LogP contribution in [0.25, 0.3) is 5.70 Å². The largest absolute Gasteiger partial charge is 0.497 e. The lowest BCUT2D eigenvalue weighted by Crippen LogP contribution is -2.37. The van der Waals surface area contributed by atoms with E-state index in [1.165, 1.54) is 0 Å². The van der Waals surface area contributed by atoms with Gasteiger partial charge in [0, 0.05) is 10.7 Å². The van der Waals surface area contributed by atoms with Crippen LogP contribution in [0.5, 0.6) is 5.75 Å². The molecule has 0 radical (unpaired) electrons. The first-order chi connectivity index (χ1) is 16.6. The van der Waals surface area contributed by atoms with Crippen molar-refractivity contribution in [3.05, 3.63) is 101 Å². The Labute approximate surface area is 201 Å². The van der Waals surface area contributed by atoms with Crippen molar-refractivity contribution in [1.29, 1.82) is 0 Å². The summed E-state index contributed by atoms with van der Waals surface area (Å²) in [5, 5.41) is 15.9. The highest BCUT2D eigenvalue weighted by atomic mass is 35.5. The standard InChI is InChI=1S/C25H21ClN6O2/c1-34-21-13-11-20(12-14-21)27-24(33)16-31-22(18-7-9-19(26)10-8-18)15-23(17-5-3-2-4-6-17)32-25(31)28-29-30-32/h2-15,23H,16H2,1H3,(H,27,33)/t23-/m0/s1. The second-order valence-corrected chi connectivity index (χ2v) is 8.14. The average Bonchev–Trinajstić information content (AvgIpc) is 3.36. The van der Waals surface area contributed by atoms with Crippen LogP contribution in [-0.4, -0.2) is 39.8 Å². The normalized spacial score (nSPS) is 14.8. The number of rotatable bonds is 6. The molecule has 0 saturated heterocycles. The maximum Gasteiger partial charge on any atom is 0.251 e. The second-order valence-electron chi connectivity index (χ2n) is 7.70. The maximum atomic E-state index is 13.0. The van der Waals surface area contributed by atoms with Gasteiger partial charge in [-0.25, -0.2) is 0 Å². The van der Waals surface area contributed by atoms with Gasteiger partial charge in [-0.2, -0.15) is 4.68 Å². The number of fused-ring (bicyclic) bond motifs is 1. The molecule has 170 valence electrons. The Balaban J connectivity index is 1.50. The first-order valence-electron chi connectivity index (χ1n) is 10.6. The third-order valence-electron chi connectivity index (χ3n) is 5.54. The number of benzene rings is 3. The summed E-state index contributed by atoms with van der Waals surface area (Å²) in [5.74, 6) is 0.983. The van der Waals surface area contributed by atoms with Crippen LogP contribution in [0.4, 0.5) is 11.6 Å². The molecule has 5 rings (SSSR count). The highest BCUT2D eigenvalue weighted by Gasteiger charge is 2.31. The van der Waals surface area contributed by atoms with E-state index in [-0.39, 0.29) is 18.5 Å². The van der Waals surface area contributed by atoms with Crippen LogP contribution in [0.15, 0.2) is 84.9 Å². The zero-order valence-electron chi connectivity index (χ0n) is 18.3. The van der Waals surface area contributed by atoms with Crippen molar-refractivity contribution in [3.8, 4) is 5.75 Å². The summed E-state index contributed by atoms with van der Waals surface area (Å²) >= 11 is 6.13. The van der Waals surface area contributed by atoms with E-state index in [2.05, 4.69) is 26.9 Å². The number of anilines is 2. The van der Waals surface area contributed by atoms with Crippen molar-refractivity contribution in [2.24, 2.45) is 0 Å². The molecule has 3 aromatic carbocycles. The maximum absolute atomic E-state index is 13.0. The average molecular weight is 473 g/mol. The summed E-state index contributed by atoms with van der Waals surface area (Å²) in [4.78, 5) is 14.8. The van der Waals surface area contributed by atoms with Gasteiger partial charge in [-0.3, -0.25) is 9.69 Å². The molecular weight excluding hydrogens is 452 g/mol. The van der Waals surface area contributed by atoms with Gasteiger partial charge in [-0.15, -0.1) is 0 Å². The third kappa shape index (κ3) is 4.35. The van der Waals surface area contributed by atoms with Crippen LogP contribution >= 0.6 is 11.6 Å². The van der Waals surface area contributed by atoms with Crippen LogP contribution in [0, 0.1) is 0 Å². The smallest absolute Gasteiger partial charge is 0.251 e. The summed E-state index contributed by atoms with van der Waals surface area (Å²) in [6.45, 7) is 0.0162. The molecule has 0 spiro atoms. The van der Waals surface area contributed by atoms with E-state index < -0.39 is 0 Å². The number of ether oxygens (including phenoxy) is 1.